The number of nitrogens with one attached hydrogen (secondary N) is 1. The fraction of sp³-hybridized carbons (Fsp3) is 0.667. The maximum Gasteiger partial charge on any atom is 0.233 e. The van der Waals surface area contributed by atoms with Crippen LogP contribution < -0.4 is 0 Å². The van der Waals surface area contributed by atoms with Crippen molar-refractivity contribution in [2.24, 2.45) is 11.8 Å². The second-order valence-corrected chi connectivity index (χ2v) is 4.23. The lowest BCUT2D eigenvalue weighted by atomic mass is 10.00. The zero-order valence-electron chi connectivity index (χ0n) is 8.59. The minimum atomic E-state index is -0.0978. The van der Waals surface area contributed by atoms with Crippen molar-refractivity contribution in [2.45, 2.75) is 25.8 Å². The number of likely N-dealkylation sites (tertiary alicyclic amines) is 1. The van der Waals surface area contributed by atoms with Gasteiger partial charge in [-0.05, 0) is 12.8 Å². The summed E-state index contributed by atoms with van der Waals surface area (Å²) in [6.07, 6.45) is 2.64. The van der Waals surface area contributed by atoms with Gasteiger partial charge < -0.3 is 0 Å². The summed E-state index contributed by atoms with van der Waals surface area (Å²) in [5, 5.41) is 13.2. The third-order valence-corrected chi connectivity index (χ3v) is 3.37. The predicted molar refractivity (Wildman–Crippen MR) is 50.6 cm³/mol. The van der Waals surface area contributed by atoms with Gasteiger partial charge in [-0.2, -0.15) is 5.21 Å². The van der Waals surface area contributed by atoms with Gasteiger partial charge in [0.25, 0.3) is 0 Å². The summed E-state index contributed by atoms with van der Waals surface area (Å²) in [7, 11) is 0. The highest BCUT2D eigenvalue weighted by Crippen LogP contribution is 2.39. The number of fused-ring (bicyclic) bond motifs is 1. The molecule has 1 aliphatic heterocycles. The van der Waals surface area contributed by atoms with Crippen LogP contribution in [-0.2, 0) is 16.1 Å². The standard InChI is InChI=1S/C9H11N5O2/c15-8-5-2-1-3-6(5)9(16)14(8)4-7-10-12-13-11-7/h5-6H,1-4H2,(H,10,11,12,13). The first kappa shape index (κ1) is 9.44. The number of H-pyrrole nitrogens is 1. The Bertz CT molecular complexity index is 407. The summed E-state index contributed by atoms with van der Waals surface area (Å²) in [6.45, 7) is 0.140. The van der Waals surface area contributed by atoms with Crippen LogP contribution in [0, 0.1) is 11.8 Å². The van der Waals surface area contributed by atoms with Crippen LogP contribution in [0.2, 0.25) is 0 Å². The molecule has 2 unspecified atom stereocenters. The zero-order valence-corrected chi connectivity index (χ0v) is 8.59. The fourth-order valence-electron chi connectivity index (χ4n) is 2.61. The van der Waals surface area contributed by atoms with E-state index in [1.54, 1.807) is 0 Å². The number of amides is 2. The second-order valence-electron chi connectivity index (χ2n) is 4.23. The van der Waals surface area contributed by atoms with Crippen molar-refractivity contribution in [3.8, 4) is 0 Å². The van der Waals surface area contributed by atoms with Gasteiger partial charge in [-0.15, -0.1) is 10.2 Å². The maximum atomic E-state index is 11.9. The number of carbonyl (C=O) groups is 2. The number of hydrogen-bond acceptors (Lipinski definition) is 5. The molecule has 2 heterocycles. The molecular formula is C9H11N5O2. The number of aromatic amines is 1. The highest BCUT2D eigenvalue weighted by molar-refractivity contribution is 6.05. The van der Waals surface area contributed by atoms with E-state index in [0.717, 1.165) is 19.3 Å². The molecule has 1 aliphatic carbocycles. The first-order valence-electron chi connectivity index (χ1n) is 5.35. The minimum absolute atomic E-state index is 0.0719. The average Bonchev–Trinajstić information content (AvgIpc) is 2.97. The SMILES string of the molecule is O=C1C2CCCC2C(=O)N1Cc1nn[nH]n1. The number of imide groups is 1. The van der Waals surface area contributed by atoms with E-state index in [0.29, 0.717) is 5.82 Å². The van der Waals surface area contributed by atoms with E-state index in [2.05, 4.69) is 20.6 Å². The van der Waals surface area contributed by atoms with E-state index >= 15 is 0 Å². The molecule has 2 aliphatic rings. The lowest BCUT2D eigenvalue weighted by Crippen LogP contribution is -2.31. The normalized spacial score (nSPS) is 28.9. The van der Waals surface area contributed by atoms with Crippen molar-refractivity contribution >= 4 is 11.8 Å². The van der Waals surface area contributed by atoms with Crippen molar-refractivity contribution < 1.29 is 9.59 Å². The summed E-state index contributed by atoms with van der Waals surface area (Å²) in [4.78, 5) is 25.1. The van der Waals surface area contributed by atoms with E-state index in [1.165, 1.54) is 4.90 Å². The lowest BCUT2D eigenvalue weighted by Gasteiger charge is -2.12. The Morgan fingerprint density at radius 3 is 2.50 bits per heavy atom. The quantitative estimate of drug-likeness (QED) is 0.679. The third kappa shape index (κ3) is 1.24. The Labute approximate surface area is 91.2 Å². The van der Waals surface area contributed by atoms with Gasteiger partial charge in [-0.3, -0.25) is 14.5 Å². The van der Waals surface area contributed by atoms with E-state index in [9.17, 15) is 9.59 Å². The zero-order chi connectivity index (χ0) is 11.1. The molecular weight excluding hydrogens is 210 g/mol. The molecule has 0 bridgehead atoms. The van der Waals surface area contributed by atoms with Gasteiger partial charge in [0.05, 0.1) is 18.4 Å². The summed E-state index contributed by atoms with van der Waals surface area (Å²) in [5.41, 5.74) is 0. The van der Waals surface area contributed by atoms with Crippen molar-refractivity contribution in [1.29, 1.82) is 0 Å². The van der Waals surface area contributed by atoms with Crippen LogP contribution in [0.1, 0.15) is 25.1 Å². The summed E-state index contributed by atoms with van der Waals surface area (Å²) >= 11 is 0. The number of carbonyl (C=O) groups excluding carboxylic acids is 2. The molecule has 0 radical (unpaired) electrons. The first-order valence-corrected chi connectivity index (χ1v) is 5.35. The minimum Gasteiger partial charge on any atom is -0.274 e. The molecule has 7 nitrogen and oxygen atoms in total. The molecule has 7 heteroatoms. The molecule has 0 aromatic carbocycles. The average molecular weight is 221 g/mol. The highest BCUT2D eigenvalue weighted by Gasteiger charge is 2.49. The van der Waals surface area contributed by atoms with Crippen LogP contribution in [0.15, 0.2) is 0 Å². The Balaban J connectivity index is 1.81. The van der Waals surface area contributed by atoms with Crippen LogP contribution >= 0.6 is 0 Å². The molecule has 1 saturated carbocycles. The molecule has 1 N–H and O–H groups in total. The number of tetrazole rings is 1. The lowest BCUT2D eigenvalue weighted by molar-refractivity contribution is -0.141. The van der Waals surface area contributed by atoms with Gasteiger partial charge in [-0.1, -0.05) is 11.6 Å². The van der Waals surface area contributed by atoms with E-state index in [4.69, 9.17) is 0 Å². The van der Waals surface area contributed by atoms with Gasteiger partial charge in [0.2, 0.25) is 11.8 Å². The van der Waals surface area contributed by atoms with Gasteiger partial charge >= 0.3 is 0 Å². The van der Waals surface area contributed by atoms with Crippen LogP contribution in [0.25, 0.3) is 0 Å². The highest BCUT2D eigenvalue weighted by atomic mass is 16.2. The molecule has 0 spiro atoms. The topological polar surface area (TPSA) is 91.8 Å². The van der Waals surface area contributed by atoms with Gasteiger partial charge in [0.15, 0.2) is 5.82 Å². The third-order valence-electron chi connectivity index (χ3n) is 3.37. The van der Waals surface area contributed by atoms with Gasteiger partial charge in [0.1, 0.15) is 0 Å². The molecule has 16 heavy (non-hydrogen) atoms. The Morgan fingerprint density at radius 2 is 1.94 bits per heavy atom. The first-order chi connectivity index (χ1) is 7.77. The molecule has 1 aromatic heterocycles. The van der Waals surface area contributed by atoms with Crippen LogP contribution in [0.3, 0.4) is 0 Å². The van der Waals surface area contributed by atoms with Gasteiger partial charge in [-0.25, -0.2) is 0 Å². The Hall–Kier alpha value is -1.79. The molecule has 1 aromatic rings. The smallest absolute Gasteiger partial charge is 0.233 e. The Kier molecular flexibility index (Phi) is 1.98. The van der Waals surface area contributed by atoms with E-state index in [-0.39, 0.29) is 30.2 Å². The predicted octanol–water partition coefficient (Wildman–Crippen LogP) is -0.515. The van der Waals surface area contributed by atoms with Crippen molar-refractivity contribution in [3.05, 3.63) is 5.82 Å². The van der Waals surface area contributed by atoms with Crippen LogP contribution in [0.4, 0.5) is 0 Å². The molecule has 3 rings (SSSR count). The number of rotatable bonds is 2. The number of nitrogens with zero attached hydrogens (tertiary/aromatic N) is 4. The molecule has 84 valence electrons. The summed E-state index contributed by atoms with van der Waals surface area (Å²) in [6, 6.07) is 0. The van der Waals surface area contributed by atoms with Gasteiger partial charge in [0, 0.05) is 0 Å². The summed E-state index contributed by atoms with van der Waals surface area (Å²) in [5.74, 6) is 0.0371. The van der Waals surface area contributed by atoms with Crippen LogP contribution in [-0.4, -0.2) is 37.3 Å². The molecule has 2 amide bonds. The van der Waals surface area contributed by atoms with Crippen molar-refractivity contribution in [2.75, 3.05) is 0 Å². The Morgan fingerprint density at radius 1 is 1.25 bits per heavy atom. The van der Waals surface area contributed by atoms with Crippen LogP contribution in [0.5, 0.6) is 0 Å². The largest absolute Gasteiger partial charge is 0.274 e. The van der Waals surface area contributed by atoms with Crippen molar-refractivity contribution in [1.82, 2.24) is 25.5 Å². The van der Waals surface area contributed by atoms with E-state index < -0.39 is 0 Å². The molecule has 2 atom stereocenters. The molecule has 1 saturated heterocycles. The van der Waals surface area contributed by atoms with Crippen molar-refractivity contribution in [3.63, 3.8) is 0 Å². The summed E-state index contributed by atoms with van der Waals surface area (Å²) < 4.78 is 0. The monoisotopic (exact) mass is 221 g/mol. The van der Waals surface area contributed by atoms with E-state index in [1.807, 2.05) is 0 Å². The number of aromatic nitrogens is 4. The number of hydrogen-bond donors (Lipinski definition) is 1. The molecule has 2 fully saturated rings. The fourth-order valence-corrected chi connectivity index (χ4v) is 2.61. The second kappa shape index (κ2) is 3.36. The maximum absolute atomic E-state index is 11.9.